The molecule has 1 amide bonds. The zero-order valence-corrected chi connectivity index (χ0v) is 19.8. The van der Waals surface area contributed by atoms with Gasteiger partial charge in [0.25, 0.3) is 5.91 Å². The Hall–Kier alpha value is -3.39. The second-order valence-corrected chi connectivity index (χ2v) is 9.82. The van der Waals surface area contributed by atoms with Gasteiger partial charge in [-0.25, -0.2) is 17.5 Å². The van der Waals surface area contributed by atoms with Gasteiger partial charge >= 0.3 is 0 Å². The highest BCUT2D eigenvalue weighted by Gasteiger charge is 2.15. The van der Waals surface area contributed by atoms with E-state index in [9.17, 15) is 17.6 Å². The van der Waals surface area contributed by atoms with Crippen LogP contribution in [0.1, 0.15) is 36.3 Å². The summed E-state index contributed by atoms with van der Waals surface area (Å²) >= 11 is 0. The van der Waals surface area contributed by atoms with E-state index in [1.54, 1.807) is 31.4 Å². The summed E-state index contributed by atoms with van der Waals surface area (Å²) in [5, 5.41) is 3.13. The predicted octanol–water partition coefficient (Wildman–Crippen LogP) is 5.18. The van der Waals surface area contributed by atoms with Gasteiger partial charge in [0.2, 0.25) is 10.0 Å². The smallest absolute Gasteiger partial charge is 0.260 e. The molecule has 3 rings (SSSR count). The van der Waals surface area contributed by atoms with Gasteiger partial charge in [-0.2, -0.15) is 0 Å². The molecule has 0 radical (unpaired) electrons. The van der Waals surface area contributed by atoms with Crippen LogP contribution in [0.2, 0.25) is 0 Å². The van der Waals surface area contributed by atoms with Gasteiger partial charge in [0.15, 0.2) is 0 Å². The lowest BCUT2D eigenvalue weighted by atomic mass is 9.93. The van der Waals surface area contributed by atoms with Crippen LogP contribution in [0, 0.1) is 19.7 Å². The monoisotopic (exact) mass is 470 g/mol. The third-order valence-electron chi connectivity index (χ3n) is 5.28. The highest BCUT2D eigenvalue weighted by Crippen LogP contribution is 2.31. The van der Waals surface area contributed by atoms with Gasteiger partial charge in [0.05, 0.1) is 18.6 Å². The van der Waals surface area contributed by atoms with Gasteiger partial charge in [-0.05, 0) is 86.4 Å². The Kier molecular flexibility index (Phi) is 7.38. The second-order valence-electron chi connectivity index (χ2n) is 7.81. The van der Waals surface area contributed by atoms with E-state index in [0.29, 0.717) is 17.8 Å². The number of carbonyl (C=O) groups excluding carboxylic acids is 1. The van der Waals surface area contributed by atoms with Crippen molar-refractivity contribution < 1.29 is 22.0 Å². The molecule has 1 heterocycles. The van der Waals surface area contributed by atoms with Crippen LogP contribution in [0.3, 0.4) is 0 Å². The first-order valence-corrected chi connectivity index (χ1v) is 12.2. The lowest BCUT2D eigenvalue weighted by molar-refractivity contribution is -0.115. The van der Waals surface area contributed by atoms with Crippen molar-refractivity contribution in [3.05, 3.63) is 82.6 Å². The summed E-state index contributed by atoms with van der Waals surface area (Å²) in [4.78, 5) is 12.2. The Morgan fingerprint density at radius 1 is 1.09 bits per heavy atom. The standard InChI is InChI=1S/C25H27FN2O4S/c1-5-33(30,31)28-25(29)18(4)12-19-11-17(3)23(13-16(19)2)22-9-8-20(14-24(22)26)27-15-21-7-6-10-32-21/h6-14,27H,5,15H2,1-4H3,(H,28,29)/b18-12+. The van der Waals surface area contributed by atoms with Gasteiger partial charge in [-0.15, -0.1) is 0 Å². The molecular formula is C25H27FN2O4S. The summed E-state index contributed by atoms with van der Waals surface area (Å²) in [6, 6.07) is 12.4. The van der Waals surface area contributed by atoms with Crippen LogP contribution in [-0.2, 0) is 21.4 Å². The SMILES string of the molecule is CCS(=O)(=O)NC(=O)/C(C)=C/c1cc(C)c(-c2ccc(NCc3ccco3)cc2F)cc1C. The van der Waals surface area contributed by atoms with Crippen molar-refractivity contribution in [3.8, 4) is 11.1 Å². The molecule has 2 aromatic carbocycles. The Bertz CT molecular complexity index is 1300. The van der Waals surface area contributed by atoms with Gasteiger partial charge < -0.3 is 9.73 Å². The quantitative estimate of drug-likeness (QED) is 0.443. The van der Waals surface area contributed by atoms with E-state index < -0.39 is 15.9 Å². The second kappa shape index (κ2) is 10.0. The summed E-state index contributed by atoms with van der Waals surface area (Å²) in [6.45, 7) is 7.20. The van der Waals surface area contributed by atoms with Crippen molar-refractivity contribution in [2.24, 2.45) is 0 Å². The van der Waals surface area contributed by atoms with E-state index in [2.05, 4.69) is 5.32 Å². The molecule has 0 bridgehead atoms. The van der Waals surface area contributed by atoms with E-state index in [0.717, 1.165) is 28.0 Å². The van der Waals surface area contributed by atoms with Crippen LogP contribution in [0.4, 0.5) is 10.1 Å². The van der Waals surface area contributed by atoms with Crippen molar-refractivity contribution in [2.45, 2.75) is 34.2 Å². The molecule has 3 aromatic rings. The molecule has 8 heteroatoms. The number of hydrogen-bond donors (Lipinski definition) is 2. The Morgan fingerprint density at radius 3 is 2.48 bits per heavy atom. The number of furan rings is 1. The van der Waals surface area contributed by atoms with Crippen molar-refractivity contribution in [2.75, 3.05) is 11.1 Å². The molecule has 0 aliphatic rings. The maximum absolute atomic E-state index is 14.9. The number of sulfonamides is 1. The van der Waals surface area contributed by atoms with Gasteiger partial charge in [0, 0.05) is 16.8 Å². The van der Waals surface area contributed by atoms with Crippen molar-refractivity contribution in [1.82, 2.24) is 4.72 Å². The fourth-order valence-electron chi connectivity index (χ4n) is 3.32. The Labute approximate surface area is 193 Å². The highest BCUT2D eigenvalue weighted by molar-refractivity contribution is 7.90. The van der Waals surface area contributed by atoms with Crippen molar-refractivity contribution in [1.29, 1.82) is 0 Å². The molecule has 1 aromatic heterocycles. The van der Waals surface area contributed by atoms with Gasteiger partial charge in [0.1, 0.15) is 11.6 Å². The number of nitrogens with one attached hydrogen (secondary N) is 2. The number of amides is 1. The van der Waals surface area contributed by atoms with Crippen LogP contribution >= 0.6 is 0 Å². The number of halogens is 1. The zero-order chi connectivity index (χ0) is 24.2. The molecule has 0 aliphatic heterocycles. The zero-order valence-electron chi connectivity index (χ0n) is 19.0. The minimum Gasteiger partial charge on any atom is -0.467 e. The van der Waals surface area contributed by atoms with E-state index in [1.807, 2.05) is 42.8 Å². The Balaban J connectivity index is 1.83. The molecule has 6 nitrogen and oxygen atoms in total. The topological polar surface area (TPSA) is 88.4 Å². The average Bonchev–Trinajstić information content (AvgIpc) is 3.28. The van der Waals surface area contributed by atoms with Crippen molar-refractivity contribution in [3.63, 3.8) is 0 Å². The van der Waals surface area contributed by atoms with Crippen LogP contribution in [-0.4, -0.2) is 20.1 Å². The molecule has 174 valence electrons. The summed E-state index contributed by atoms with van der Waals surface area (Å²) in [6.07, 6.45) is 3.22. The number of hydrogen-bond acceptors (Lipinski definition) is 5. The predicted molar refractivity (Wildman–Crippen MR) is 129 cm³/mol. The van der Waals surface area contributed by atoms with Crippen LogP contribution < -0.4 is 10.0 Å². The summed E-state index contributed by atoms with van der Waals surface area (Å²) in [5.74, 6) is -0.445. The fourth-order valence-corrected chi connectivity index (χ4v) is 3.91. The average molecular weight is 471 g/mol. The maximum atomic E-state index is 14.9. The molecule has 0 saturated heterocycles. The number of carbonyl (C=O) groups is 1. The largest absolute Gasteiger partial charge is 0.467 e. The molecule has 33 heavy (non-hydrogen) atoms. The minimum absolute atomic E-state index is 0.179. The van der Waals surface area contributed by atoms with Crippen LogP contribution in [0.15, 0.2) is 58.7 Å². The highest BCUT2D eigenvalue weighted by atomic mass is 32.2. The summed E-state index contributed by atoms with van der Waals surface area (Å²) in [5.41, 5.74) is 4.55. The summed E-state index contributed by atoms with van der Waals surface area (Å²) in [7, 11) is -3.63. The fraction of sp³-hybridized carbons (Fsp3) is 0.240. The first kappa shape index (κ1) is 24.3. The molecule has 0 unspecified atom stereocenters. The minimum atomic E-state index is -3.63. The van der Waals surface area contributed by atoms with Crippen molar-refractivity contribution >= 4 is 27.7 Å². The molecule has 0 spiro atoms. The lowest BCUT2D eigenvalue weighted by Gasteiger charge is -2.13. The first-order chi connectivity index (χ1) is 15.6. The number of rotatable bonds is 8. The third-order valence-corrected chi connectivity index (χ3v) is 6.53. The van der Waals surface area contributed by atoms with E-state index in [-0.39, 0.29) is 17.1 Å². The molecule has 0 fully saturated rings. The lowest BCUT2D eigenvalue weighted by Crippen LogP contribution is -2.32. The molecular weight excluding hydrogens is 443 g/mol. The van der Waals surface area contributed by atoms with Crippen LogP contribution in [0.25, 0.3) is 17.2 Å². The maximum Gasteiger partial charge on any atom is 0.260 e. The van der Waals surface area contributed by atoms with Gasteiger partial charge in [-0.3, -0.25) is 4.79 Å². The van der Waals surface area contributed by atoms with Crippen LogP contribution in [0.5, 0.6) is 0 Å². The normalized spacial score (nSPS) is 12.0. The van der Waals surface area contributed by atoms with E-state index in [4.69, 9.17) is 4.42 Å². The number of benzene rings is 2. The number of aryl methyl sites for hydroxylation is 2. The molecule has 0 aliphatic carbocycles. The Morgan fingerprint density at radius 2 is 1.85 bits per heavy atom. The first-order valence-electron chi connectivity index (χ1n) is 10.5. The molecule has 2 N–H and O–H groups in total. The third kappa shape index (κ3) is 6.10. The summed E-state index contributed by atoms with van der Waals surface area (Å²) < 4.78 is 45.5. The van der Waals surface area contributed by atoms with Gasteiger partial charge in [-0.1, -0.05) is 12.1 Å². The number of anilines is 1. The molecule has 0 atom stereocenters. The molecule has 0 saturated carbocycles. The van der Waals surface area contributed by atoms with E-state index in [1.165, 1.54) is 13.0 Å². The van der Waals surface area contributed by atoms with E-state index >= 15 is 0 Å².